The van der Waals surface area contributed by atoms with Crippen LogP contribution in [0, 0.1) is 16.7 Å². The third-order valence-corrected chi connectivity index (χ3v) is 2.86. The van der Waals surface area contributed by atoms with Crippen LogP contribution in [0.1, 0.15) is 54.9 Å². The summed E-state index contributed by atoms with van der Waals surface area (Å²) in [6.07, 6.45) is 1.10. The number of hydrogen-bond acceptors (Lipinski definition) is 1. The van der Waals surface area contributed by atoms with Crippen LogP contribution in [0.2, 0.25) is 0 Å². The van der Waals surface area contributed by atoms with Gasteiger partial charge in [-0.1, -0.05) is 48.5 Å². The van der Waals surface area contributed by atoms with Gasteiger partial charge in [-0.15, -0.1) is 0 Å². The van der Waals surface area contributed by atoms with Gasteiger partial charge in [0.25, 0.3) is 0 Å². The van der Waals surface area contributed by atoms with Crippen molar-refractivity contribution in [3.05, 3.63) is 0 Å². The average molecular weight is 185 g/mol. The molecule has 0 aromatic carbocycles. The highest BCUT2D eigenvalue weighted by Gasteiger charge is 2.28. The lowest BCUT2D eigenvalue weighted by molar-refractivity contribution is 0.183. The van der Waals surface area contributed by atoms with Gasteiger partial charge in [0, 0.05) is 6.04 Å². The SMILES string of the molecule is C[C@@H]([C@H](N)CC(C)(C)C)C(C)(C)C. The zero-order chi connectivity index (χ0) is 10.9. The molecule has 0 rings (SSSR count). The van der Waals surface area contributed by atoms with Crippen LogP contribution < -0.4 is 5.73 Å². The molecule has 13 heavy (non-hydrogen) atoms. The lowest BCUT2D eigenvalue weighted by Gasteiger charge is -2.35. The first kappa shape index (κ1) is 13.0. The minimum absolute atomic E-state index is 0.319. The van der Waals surface area contributed by atoms with E-state index in [9.17, 15) is 0 Å². The Bertz CT molecular complexity index is 147. The third kappa shape index (κ3) is 5.30. The molecule has 0 amide bonds. The molecule has 1 nitrogen and oxygen atoms in total. The summed E-state index contributed by atoms with van der Waals surface area (Å²) in [5, 5.41) is 0. The summed E-state index contributed by atoms with van der Waals surface area (Å²) in [5.74, 6) is 0.576. The Morgan fingerprint density at radius 3 is 1.62 bits per heavy atom. The molecule has 0 aromatic heterocycles. The lowest BCUT2D eigenvalue weighted by Crippen LogP contribution is -2.39. The second-order valence-electron chi connectivity index (χ2n) is 6.58. The van der Waals surface area contributed by atoms with E-state index in [1.54, 1.807) is 0 Å². The van der Waals surface area contributed by atoms with E-state index in [0.29, 0.717) is 22.8 Å². The molecule has 0 aliphatic heterocycles. The molecule has 0 aromatic rings. The lowest BCUT2D eigenvalue weighted by atomic mass is 9.73. The summed E-state index contributed by atoms with van der Waals surface area (Å²) in [6.45, 7) is 15.8. The van der Waals surface area contributed by atoms with Gasteiger partial charge < -0.3 is 5.73 Å². The molecule has 0 heterocycles. The predicted molar refractivity (Wildman–Crippen MR) is 60.7 cm³/mol. The maximum absolute atomic E-state index is 6.19. The van der Waals surface area contributed by atoms with E-state index in [4.69, 9.17) is 5.73 Å². The predicted octanol–water partition coefficient (Wildman–Crippen LogP) is 3.43. The Labute approximate surface area is 84.1 Å². The van der Waals surface area contributed by atoms with Gasteiger partial charge >= 0.3 is 0 Å². The zero-order valence-corrected chi connectivity index (χ0v) is 10.4. The van der Waals surface area contributed by atoms with Gasteiger partial charge in [0.15, 0.2) is 0 Å². The number of hydrogen-bond donors (Lipinski definition) is 1. The van der Waals surface area contributed by atoms with Gasteiger partial charge in [0.05, 0.1) is 0 Å². The van der Waals surface area contributed by atoms with Gasteiger partial charge in [0.1, 0.15) is 0 Å². The highest BCUT2D eigenvalue weighted by Crippen LogP contribution is 2.32. The summed E-state index contributed by atoms with van der Waals surface area (Å²) < 4.78 is 0. The van der Waals surface area contributed by atoms with Crippen molar-refractivity contribution in [2.24, 2.45) is 22.5 Å². The topological polar surface area (TPSA) is 26.0 Å². The molecular formula is C12H27N. The van der Waals surface area contributed by atoms with Crippen molar-refractivity contribution in [3.8, 4) is 0 Å². The monoisotopic (exact) mass is 185 g/mol. The van der Waals surface area contributed by atoms with E-state index in [0.717, 1.165) is 6.42 Å². The molecule has 0 radical (unpaired) electrons. The first-order valence-electron chi connectivity index (χ1n) is 5.29. The Balaban J connectivity index is 4.20. The summed E-state index contributed by atoms with van der Waals surface area (Å²) >= 11 is 0. The fourth-order valence-electron chi connectivity index (χ4n) is 1.53. The maximum atomic E-state index is 6.19. The van der Waals surface area contributed by atoms with Crippen LogP contribution in [0.5, 0.6) is 0 Å². The van der Waals surface area contributed by atoms with Gasteiger partial charge in [-0.3, -0.25) is 0 Å². The van der Waals surface area contributed by atoms with E-state index in [1.165, 1.54) is 0 Å². The quantitative estimate of drug-likeness (QED) is 0.701. The molecule has 2 atom stereocenters. The first-order valence-corrected chi connectivity index (χ1v) is 5.29. The molecule has 0 saturated carbocycles. The molecule has 0 bridgehead atoms. The molecule has 0 aliphatic rings. The van der Waals surface area contributed by atoms with Crippen molar-refractivity contribution in [1.29, 1.82) is 0 Å². The van der Waals surface area contributed by atoms with Crippen LogP contribution in [0.3, 0.4) is 0 Å². The van der Waals surface area contributed by atoms with E-state index in [1.807, 2.05) is 0 Å². The van der Waals surface area contributed by atoms with Crippen LogP contribution in [-0.4, -0.2) is 6.04 Å². The minimum atomic E-state index is 0.319. The fraction of sp³-hybridized carbons (Fsp3) is 1.00. The Morgan fingerprint density at radius 1 is 1.00 bits per heavy atom. The summed E-state index contributed by atoms with van der Waals surface area (Å²) in [7, 11) is 0. The molecule has 0 aliphatic carbocycles. The van der Waals surface area contributed by atoms with Crippen molar-refractivity contribution >= 4 is 0 Å². The van der Waals surface area contributed by atoms with Crippen molar-refractivity contribution in [3.63, 3.8) is 0 Å². The highest BCUT2D eigenvalue weighted by atomic mass is 14.7. The van der Waals surface area contributed by atoms with Crippen LogP contribution in [0.25, 0.3) is 0 Å². The average Bonchev–Trinajstić information content (AvgIpc) is 1.79. The molecule has 2 N–H and O–H groups in total. The van der Waals surface area contributed by atoms with Crippen LogP contribution in [-0.2, 0) is 0 Å². The van der Waals surface area contributed by atoms with Crippen LogP contribution >= 0.6 is 0 Å². The molecule has 80 valence electrons. The van der Waals surface area contributed by atoms with Crippen molar-refractivity contribution in [1.82, 2.24) is 0 Å². The Hall–Kier alpha value is -0.0400. The first-order chi connectivity index (χ1) is 5.54. The molecule has 0 fully saturated rings. The zero-order valence-electron chi connectivity index (χ0n) is 10.4. The van der Waals surface area contributed by atoms with E-state index in [2.05, 4.69) is 48.5 Å². The van der Waals surface area contributed by atoms with Gasteiger partial charge in [-0.2, -0.15) is 0 Å². The van der Waals surface area contributed by atoms with E-state index >= 15 is 0 Å². The fourth-order valence-corrected chi connectivity index (χ4v) is 1.53. The molecule has 0 saturated heterocycles. The summed E-state index contributed by atoms with van der Waals surface area (Å²) in [4.78, 5) is 0. The molecule has 0 spiro atoms. The number of nitrogens with two attached hydrogens (primary N) is 1. The minimum Gasteiger partial charge on any atom is -0.327 e. The highest BCUT2D eigenvalue weighted by molar-refractivity contribution is 4.82. The second-order valence-corrected chi connectivity index (χ2v) is 6.58. The van der Waals surface area contributed by atoms with Crippen molar-refractivity contribution < 1.29 is 0 Å². The standard InChI is InChI=1S/C12H27N/c1-9(12(5,6)7)10(13)8-11(2,3)4/h9-10H,8,13H2,1-7H3/t9-,10+/m0/s1. The maximum Gasteiger partial charge on any atom is 0.00744 e. The summed E-state index contributed by atoms with van der Waals surface area (Å²) in [5.41, 5.74) is 6.86. The molecule has 0 unspecified atom stereocenters. The van der Waals surface area contributed by atoms with Crippen molar-refractivity contribution in [2.45, 2.75) is 60.9 Å². The largest absolute Gasteiger partial charge is 0.327 e. The number of rotatable bonds is 2. The van der Waals surface area contributed by atoms with E-state index < -0.39 is 0 Å². The molecular weight excluding hydrogens is 158 g/mol. The molecule has 1 heteroatoms. The third-order valence-electron chi connectivity index (χ3n) is 2.86. The van der Waals surface area contributed by atoms with Crippen LogP contribution in [0.4, 0.5) is 0 Å². The normalized spacial score (nSPS) is 18.5. The Kier molecular flexibility index (Phi) is 3.98. The van der Waals surface area contributed by atoms with Gasteiger partial charge in [-0.05, 0) is 23.2 Å². The van der Waals surface area contributed by atoms with Crippen LogP contribution in [0.15, 0.2) is 0 Å². The van der Waals surface area contributed by atoms with Gasteiger partial charge in [-0.25, -0.2) is 0 Å². The van der Waals surface area contributed by atoms with Gasteiger partial charge in [0.2, 0.25) is 0 Å². The van der Waals surface area contributed by atoms with E-state index in [-0.39, 0.29) is 0 Å². The van der Waals surface area contributed by atoms with Crippen molar-refractivity contribution in [2.75, 3.05) is 0 Å². The summed E-state index contributed by atoms with van der Waals surface area (Å²) in [6, 6.07) is 0.319. The smallest absolute Gasteiger partial charge is 0.00744 e. The second kappa shape index (κ2) is 4.00. The Morgan fingerprint density at radius 2 is 1.38 bits per heavy atom.